The Morgan fingerprint density at radius 3 is 2.50 bits per heavy atom. The van der Waals surface area contributed by atoms with Crippen molar-refractivity contribution >= 4 is 11.7 Å². The molecular formula is C17H14F3N5O. The first-order valence-corrected chi connectivity index (χ1v) is 7.58. The van der Waals surface area contributed by atoms with Gasteiger partial charge in [0.2, 0.25) is 0 Å². The van der Waals surface area contributed by atoms with Gasteiger partial charge in [0.15, 0.2) is 5.82 Å². The zero-order chi connectivity index (χ0) is 18.9. The van der Waals surface area contributed by atoms with Crippen molar-refractivity contribution in [2.24, 2.45) is 0 Å². The summed E-state index contributed by atoms with van der Waals surface area (Å²) < 4.78 is 39.2. The molecule has 0 aliphatic rings. The molecule has 0 aliphatic carbocycles. The third-order valence-corrected chi connectivity index (χ3v) is 3.79. The normalized spacial score (nSPS) is 11.4. The second-order valence-electron chi connectivity index (χ2n) is 5.58. The summed E-state index contributed by atoms with van der Waals surface area (Å²) in [4.78, 5) is 20.3. The highest BCUT2D eigenvalue weighted by Crippen LogP contribution is 2.28. The fourth-order valence-electron chi connectivity index (χ4n) is 2.33. The number of halogens is 3. The van der Waals surface area contributed by atoms with E-state index < -0.39 is 17.6 Å². The first-order valence-electron chi connectivity index (χ1n) is 7.58. The number of rotatable bonds is 3. The Morgan fingerprint density at radius 1 is 1.12 bits per heavy atom. The average Bonchev–Trinajstić information content (AvgIpc) is 2.98. The SMILES string of the molecule is Cc1cccnc1NC(=O)c1cnn(-c2ccc(C(F)(F)F)cn2)c1C. The Bertz CT molecular complexity index is 948. The second kappa shape index (κ2) is 6.58. The predicted octanol–water partition coefficient (Wildman–Crippen LogP) is 3.55. The summed E-state index contributed by atoms with van der Waals surface area (Å²) in [6, 6.07) is 5.68. The second-order valence-corrected chi connectivity index (χ2v) is 5.58. The van der Waals surface area contributed by atoms with Gasteiger partial charge in [-0.1, -0.05) is 6.07 Å². The molecule has 0 fully saturated rings. The molecule has 1 amide bonds. The van der Waals surface area contributed by atoms with Gasteiger partial charge in [-0.05, 0) is 37.6 Å². The number of hydrogen-bond acceptors (Lipinski definition) is 4. The van der Waals surface area contributed by atoms with Gasteiger partial charge in [0.25, 0.3) is 5.91 Å². The molecule has 26 heavy (non-hydrogen) atoms. The van der Waals surface area contributed by atoms with Gasteiger partial charge in [0.1, 0.15) is 5.82 Å². The lowest BCUT2D eigenvalue weighted by molar-refractivity contribution is -0.137. The maximum Gasteiger partial charge on any atom is 0.417 e. The minimum absolute atomic E-state index is 0.184. The maximum atomic E-state index is 12.6. The van der Waals surface area contributed by atoms with Gasteiger partial charge in [0.05, 0.1) is 23.0 Å². The molecule has 0 aliphatic heterocycles. The highest BCUT2D eigenvalue weighted by Gasteiger charge is 2.30. The van der Waals surface area contributed by atoms with Crippen molar-refractivity contribution in [3.63, 3.8) is 0 Å². The predicted molar refractivity (Wildman–Crippen MR) is 88.0 cm³/mol. The Balaban J connectivity index is 1.86. The number of carbonyl (C=O) groups is 1. The van der Waals surface area contributed by atoms with Gasteiger partial charge in [-0.2, -0.15) is 18.3 Å². The lowest BCUT2D eigenvalue weighted by Gasteiger charge is -2.09. The highest BCUT2D eigenvalue weighted by molar-refractivity contribution is 6.04. The van der Waals surface area contributed by atoms with Gasteiger partial charge < -0.3 is 5.32 Å². The number of alkyl halides is 3. The van der Waals surface area contributed by atoms with Crippen molar-refractivity contribution < 1.29 is 18.0 Å². The first-order chi connectivity index (χ1) is 12.3. The van der Waals surface area contributed by atoms with Crippen molar-refractivity contribution in [1.29, 1.82) is 0 Å². The van der Waals surface area contributed by atoms with Gasteiger partial charge >= 0.3 is 6.18 Å². The number of hydrogen-bond donors (Lipinski definition) is 1. The summed E-state index contributed by atoms with van der Waals surface area (Å²) in [5.41, 5.74) is 0.671. The molecule has 1 N–H and O–H groups in total. The summed E-state index contributed by atoms with van der Waals surface area (Å²) in [5.74, 6) is 0.198. The molecule has 9 heteroatoms. The summed E-state index contributed by atoms with van der Waals surface area (Å²) >= 11 is 0. The van der Waals surface area contributed by atoms with E-state index in [1.54, 1.807) is 19.2 Å². The number of anilines is 1. The minimum Gasteiger partial charge on any atom is -0.306 e. The van der Waals surface area contributed by atoms with Crippen molar-refractivity contribution in [3.8, 4) is 5.82 Å². The van der Waals surface area contributed by atoms with Gasteiger partial charge in [-0.3, -0.25) is 4.79 Å². The number of aryl methyl sites for hydroxylation is 1. The van der Waals surface area contributed by atoms with E-state index in [-0.39, 0.29) is 11.4 Å². The van der Waals surface area contributed by atoms with Crippen LogP contribution in [0.2, 0.25) is 0 Å². The number of nitrogens with zero attached hydrogens (tertiary/aromatic N) is 4. The molecule has 3 rings (SSSR count). The van der Waals surface area contributed by atoms with Crippen LogP contribution in [0.15, 0.2) is 42.9 Å². The van der Waals surface area contributed by atoms with Crippen LogP contribution in [0.5, 0.6) is 0 Å². The number of nitrogens with one attached hydrogen (secondary N) is 1. The average molecular weight is 361 g/mol. The third kappa shape index (κ3) is 3.41. The summed E-state index contributed by atoms with van der Waals surface area (Å²) in [6.07, 6.45) is -0.836. The van der Waals surface area contributed by atoms with Crippen molar-refractivity contribution in [2.45, 2.75) is 20.0 Å². The van der Waals surface area contributed by atoms with Crippen LogP contribution in [-0.2, 0) is 6.18 Å². The fourth-order valence-corrected chi connectivity index (χ4v) is 2.33. The van der Waals surface area contributed by atoms with E-state index in [4.69, 9.17) is 0 Å². The summed E-state index contributed by atoms with van der Waals surface area (Å²) in [7, 11) is 0. The standard InChI is InChI=1S/C17H14F3N5O/c1-10-4-3-7-21-15(10)24-16(26)13-9-23-25(11(13)2)14-6-5-12(8-22-14)17(18,19)20/h3-9H,1-2H3,(H,21,24,26). The van der Waals surface area contributed by atoms with Gasteiger partial charge in [-0.25, -0.2) is 14.6 Å². The molecule has 0 radical (unpaired) electrons. The Kier molecular flexibility index (Phi) is 4.45. The smallest absolute Gasteiger partial charge is 0.306 e. The van der Waals surface area contributed by atoms with E-state index in [1.165, 1.54) is 16.9 Å². The Labute approximate surface area is 146 Å². The third-order valence-electron chi connectivity index (χ3n) is 3.79. The maximum absolute atomic E-state index is 12.6. The van der Waals surface area contributed by atoms with E-state index in [2.05, 4.69) is 20.4 Å². The van der Waals surface area contributed by atoms with E-state index in [1.807, 2.05) is 13.0 Å². The summed E-state index contributed by atoms with van der Waals surface area (Å²) in [5, 5.41) is 6.74. The lowest BCUT2D eigenvalue weighted by atomic mass is 10.2. The lowest BCUT2D eigenvalue weighted by Crippen LogP contribution is -2.15. The first kappa shape index (κ1) is 17.6. The molecule has 0 unspecified atom stereocenters. The molecular weight excluding hydrogens is 347 g/mol. The number of amides is 1. The molecule has 0 spiro atoms. The van der Waals surface area contributed by atoms with E-state index in [0.29, 0.717) is 11.5 Å². The molecule has 3 aromatic heterocycles. The molecule has 0 saturated carbocycles. The number of carbonyl (C=O) groups excluding carboxylic acids is 1. The molecule has 0 aromatic carbocycles. The van der Waals surface area contributed by atoms with Crippen LogP contribution < -0.4 is 5.32 Å². The van der Waals surface area contributed by atoms with Gasteiger partial charge in [-0.15, -0.1) is 0 Å². The van der Waals surface area contributed by atoms with Crippen LogP contribution in [-0.4, -0.2) is 25.7 Å². The van der Waals surface area contributed by atoms with Crippen LogP contribution >= 0.6 is 0 Å². The van der Waals surface area contributed by atoms with Crippen LogP contribution in [0.4, 0.5) is 19.0 Å². The van der Waals surface area contributed by atoms with Crippen LogP contribution in [0.1, 0.15) is 27.2 Å². The van der Waals surface area contributed by atoms with E-state index >= 15 is 0 Å². The fraction of sp³-hybridized carbons (Fsp3) is 0.176. The Morgan fingerprint density at radius 2 is 1.88 bits per heavy atom. The summed E-state index contributed by atoms with van der Waals surface area (Å²) in [6.45, 7) is 3.44. The monoisotopic (exact) mass is 361 g/mol. The van der Waals surface area contributed by atoms with Crippen LogP contribution in [0.25, 0.3) is 5.82 Å². The Hall–Kier alpha value is -3.23. The van der Waals surface area contributed by atoms with Crippen LogP contribution in [0.3, 0.4) is 0 Å². The van der Waals surface area contributed by atoms with Crippen LogP contribution in [0, 0.1) is 13.8 Å². The van der Waals surface area contributed by atoms with Crippen molar-refractivity contribution in [3.05, 3.63) is 65.2 Å². The molecule has 3 heterocycles. The zero-order valence-corrected chi connectivity index (χ0v) is 13.9. The van der Waals surface area contributed by atoms with Crippen molar-refractivity contribution in [2.75, 3.05) is 5.32 Å². The molecule has 134 valence electrons. The van der Waals surface area contributed by atoms with Crippen molar-refractivity contribution in [1.82, 2.24) is 19.7 Å². The minimum atomic E-state index is -4.46. The largest absolute Gasteiger partial charge is 0.417 e. The van der Waals surface area contributed by atoms with Gasteiger partial charge in [0, 0.05) is 12.4 Å². The topological polar surface area (TPSA) is 72.7 Å². The van der Waals surface area contributed by atoms with E-state index in [0.717, 1.165) is 17.8 Å². The molecule has 0 bridgehead atoms. The molecule has 0 atom stereocenters. The molecule has 0 saturated heterocycles. The van der Waals surface area contributed by atoms with E-state index in [9.17, 15) is 18.0 Å². The zero-order valence-electron chi connectivity index (χ0n) is 13.9. The number of pyridine rings is 2. The molecule has 3 aromatic rings. The number of aromatic nitrogens is 4. The quantitative estimate of drug-likeness (QED) is 0.774. The molecule has 6 nitrogen and oxygen atoms in total. The highest BCUT2D eigenvalue weighted by atomic mass is 19.4.